The number of para-hydroxylation sites is 1. The summed E-state index contributed by atoms with van der Waals surface area (Å²) in [6, 6.07) is 15.4. The number of hydrogen-bond donors (Lipinski definition) is 0. The fraction of sp³-hybridized carbons (Fsp3) is 0.143. The van der Waals surface area contributed by atoms with Crippen LogP contribution in [0.15, 0.2) is 75.9 Å². The lowest BCUT2D eigenvalue weighted by molar-refractivity contribution is -0.154. The van der Waals surface area contributed by atoms with Crippen molar-refractivity contribution in [3.05, 3.63) is 98.9 Å². The Bertz CT molecular complexity index is 1700. The van der Waals surface area contributed by atoms with E-state index in [1.165, 1.54) is 42.5 Å². The Kier molecular flexibility index (Phi) is 7.07. The summed E-state index contributed by atoms with van der Waals surface area (Å²) in [6.45, 7) is -0.0306. The number of esters is 1. The van der Waals surface area contributed by atoms with Crippen LogP contribution in [0.4, 0.5) is 13.2 Å². The van der Waals surface area contributed by atoms with Gasteiger partial charge in [0.05, 0.1) is 21.5 Å². The van der Waals surface area contributed by atoms with Crippen molar-refractivity contribution in [1.82, 2.24) is 4.90 Å². The molecule has 0 unspecified atom stereocenters. The summed E-state index contributed by atoms with van der Waals surface area (Å²) >= 11 is 5.97. The molecule has 0 atom stereocenters. The quantitative estimate of drug-likeness (QED) is 0.147. The number of carbonyl (C=O) groups excluding carboxylic acids is 3. The van der Waals surface area contributed by atoms with E-state index in [-0.39, 0.29) is 52.4 Å². The van der Waals surface area contributed by atoms with Crippen molar-refractivity contribution >= 4 is 40.4 Å². The monoisotopic (exact) mass is 571 g/mol. The molecule has 0 saturated heterocycles. The molecule has 1 aliphatic heterocycles. The Morgan fingerprint density at radius 3 is 2.23 bits per heavy atom. The molecule has 0 aliphatic carbocycles. The molecule has 0 bridgehead atoms. The Morgan fingerprint density at radius 1 is 0.925 bits per heavy atom. The van der Waals surface area contributed by atoms with Crippen LogP contribution in [0.5, 0.6) is 17.2 Å². The predicted octanol–water partition coefficient (Wildman–Crippen LogP) is 6.24. The molecule has 1 aromatic heterocycles. The Labute approximate surface area is 228 Å². The number of alkyl halides is 3. The molecule has 12 heteroatoms. The number of hydrogen-bond acceptors (Lipinski definition) is 7. The minimum absolute atomic E-state index is 0.0135. The highest BCUT2D eigenvalue weighted by Crippen LogP contribution is 2.40. The third kappa shape index (κ3) is 5.15. The van der Waals surface area contributed by atoms with E-state index in [0.29, 0.717) is 0 Å². The third-order valence-corrected chi connectivity index (χ3v) is 6.31. The van der Waals surface area contributed by atoms with Crippen LogP contribution >= 0.6 is 11.6 Å². The van der Waals surface area contributed by atoms with Crippen LogP contribution in [0.3, 0.4) is 0 Å². The number of carbonyl (C=O) groups is 3. The molecule has 0 radical (unpaired) electrons. The van der Waals surface area contributed by atoms with Gasteiger partial charge in [0.2, 0.25) is 11.2 Å². The topological polar surface area (TPSA) is 103 Å². The molecule has 40 heavy (non-hydrogen) atoms. The number of rotatable bonds is 7. The Balaban J connectivity index is 1.31. The molecule has 0 fully saturated rings. The summed E-state index contributed by atoms with van der Waals surface area (Å²) in [7, 11) is 0. The average Bonchev–Trinajstić information content (AvgIpc) is 3.15. The number of imide groups is 1. The van der Waals surface area contributed by atoms with Crippen molar-refractivity contribution in [3.63, 3.8) is 0 Å². The number of benzene rings is 3. The fourth-order valence-electron chi connectivity index (χ4n) is 4.14. The van der Waals surface area contributed by atoms with E-state index in [0.717, 1.165) is 17.0 Å². The molecule has 5 rings (SSSR count). The molecule has 8 nitrogen and oxygen atoms in total. The molecular formula is C28H17ClF3NO7. The number of nitrogens with zero attached hydrogens (tertiary/aromatic N) is 1. The zero-order valence-electron chi connectivity index (χ0n) is 20.3. The number of halogens is 4. The van der Waals surface area contributed by atoms with Gasteiger partial charge in [0.25, 0.3) is 17.6 Å². The van der Waals surface area contributed by atoms with Gasteiger partial charge >= 0.3 is 12.1 Å². The first kappa shape index (κ1) is 26.9. The summed E-state index contributed by atoms with van der Waals surface area (Å²) in [4.78, 5) is 51.2. The van der Waals surface area contributed by atoms with E-state index in [1.807, 2.05) is 0 Å². The maximum atomic E-state index is 13.8. The summed E-state index contributed by atoms with van der Waals surface area (Å²) in [5.74, 6) is -4.82. The number of fused-ring (bicyclic) bond motifs is 2. The first-order valence-electron chi connectivity index (χ1n) is 11.8. The van der Waals surface area contributed by atoms with Gasteiger partial charge in [0, 0.05) is 19.0 Å². The second-order valence-corrected chi connectivity index (χ2v) is 9.07. The summed E-state index contributed by atoms with van der Waals surface area (Å²) in [5, 5.41) is -0.263. The van der Waals surface area contributed by atoms with Crippen LogP contribution in [0, 0.1) is 0 Å². The van der Waals surface area contributed by atoms with Gasteiger partial charge in [-0.2, -0.15) is 13.2 Å². The standard InChI is InChI=1S/C28H17ClF3NO7/c29-19-8-3-4-9-20(19)39-24-23(35)18-12-11-15(14-21(18)40-25(24)28(30,31)32)38-22(34)10-5-13-33-26(36)16-6-1-2-7-17(16)27(33)37/h1-4,6-9,11-12,14H,5,10,13H2. The lowest BCUT2D eigenvalue weighted by Crippen LogP contribution is -2.31. The SMILES string of the molecule is O=C(CCCN1C(=O)c2ccccc2C1=O)Oc1ccc2c(=O)c(Oc3ccccc3Cl)c(C(F)(F)F)oc2c1. The fourth-order valence-corrected chi connectivity index (χ4v) is 4.32. The van der Waals surface area contributed by atoms with E-state index in [1.54, 1.807) is 12.1 Å². The molecular weight excluding hydrogens is 555 g/mol. The van der Waals surface area contributed by atoms with E-state index < -0.39 is 46.5 Å². The summed E-state index contributed by atoms with van der Waals surface area (Å²) in [5.41, 5.74) is -1.02. The minimum Gasteiger partial charge on any atom is -0.448 e. The predicted molar refractivity (Wildman–Crippen MR) is 136 cm³/mol. The van der Waals surface area contributed by atoms with E-state index >= 15 is 0 Å². The van der Waals surface area contributed by atoms with Crippen LogP contribution in [0.25, 0.3) is 11.0 Å². The van der Waals surface area contributed by atoms with Gasteiger partial charge in [-0.3, -0.25) is 24.1 Å². The molecule has 0 N–H and O–H groups in total. The molecule has 0 saturated carbocycles. The zero-order chi connectivity index (χ0) is 28.6. The van der Waals surface area contributed by atoms with Crippen molar-refractivity contribution in [2.24, 2.45) is 0 Å². The second-order valence-electron chi connectivity index (χ2n) is 8.66. The normalized spacial score (nSPS) is 13.1. The van der Waals surface area contributed by atoms with Crippen molar-refractivity contribution in [3.8, 4) is 17.2 Å². The van der Waals surface area contributed by atoms with Gasteiger partial charge in [0.1, 0.15) is 17.1 Å². The molecule has 2 heterocycles. The van der Waals surface area contributed by atoms with Gasteiger partial charge < -0.3 is 13.9 Å². The van der Waals surface area contributed by atoms with E-state index in [2.05, 4.69) is 0 Å². The van der Waals surface area contributed by atoms with Crippen LogP contribution in [0.1, 0.15) is 39.3 Å². The highest BCUT2D eigenvalue weighted by Gasteiger charge is 2.41. The lowest BCUT2D eigenvalue weighted by atomic mass is 10.1. The largest absolute Gasteiger partial charge is 0.453 e. The minimum atomic E-state index is -5.10. The molecule has 3 aromatic carbocycles. The second kappa shape index (κ2) is 10.5. The molecule has 1 aliphatic rings. The van der Waals surface area contributed by atoms with Crippen LogP contribution in [0.2, 0.25) is 5.02 Å². The molecule has 204 valence electrons. The van der Waals surface area contributed by atoms with Crippen molar-refractivity contribution in [2.75, 3.05) is 6.54 Å². The van der Waals surface area contributed by atoms with Crippen LogP contribution in [-0.2, 0) is 11.0 Å². The van der Waals surface area contributed by atoms with Crippen molar-refractivity contribution in [1.29, 1.82) is 0 Å². The van der Waals surface area contributed by atoms with Crippen LogP contribution < -0.4 is 14.9 Å². The van der Waals surface area contributed by atoms with E-state index in [9.17, 15) is 32.3 Å². The van der Waals surface area contributed by atoms with Gasteiger partial charge in [-0.05, 0) is 42.8 Å². The highest BCUT2D eigenvalue weighted by atomic mass is 35.5. The maximum absolute atomic E-state index is 13.8. The Hall–Kier alpha value is -4.64. The summed E-state index contributed by atoms with van der Waals surface area (Å²) in [6.07, 6.45) is -5.21. The van der Waals surface area contributed by atoms with Gasteiger partial charge in [-0.25, -0.2) is 0 Å². The number of ether oxygens (including phenoxy) is 2. The highest BCUT2D eigenvalue weighted by molar-refractivity contribution is 6.32. The Morgan fingerprint density at radius 2 is 1.57 bits per heavy atom. The summed E-state index contributed by atoms with van der Waals surface area (Å²) < 4.78 is 56.8. The van der Waals surface area contributed by atoms with Crippen molar-refractivity contribution in [2.45, 2.75) is 19.0 Å². The third-order valence-electron chi connectivity index (χ3n) is 6.00. The van der Waals surface area contributed by atoms with Crippen LogP contribution in [-0.4, -0.2) is 29.2 Å². The lowest BCUT2D eigenvalue weighted by Gasteiger charge is -2.14. The van der Waals surface area contributed by atoms with Gasteiger partial charge in [-0.1, -0.05) is 35.9 Å². The maximum Gasteiger partial charge on any atom is 0.453 e. The van der Waals surface area contributed by atoms with Gasteiger partial charge in [0.15, 0.2) is 0 Å². The number of amides is 2. The van der Waals surface area contributed by atoms with E-state index in [4.69, 9.17) is 25.5 Å². The van der Waals surface area contributed by atoms with Gasteiger partial charge in [-0.15, -0.1) is 0 Å². The first-order valence-corrected chi connectivity index (χ1v) is 12.2. The average molecular weight is 572 g/mol. The molecule has 4 aromatic rings. The zero-order valence-corrected chi connectivity index (χ0v) is 21.0. The first-order chi connectivity index (χ1) is 19.0. The molecule has 2 amide bonds. The smallest absolute Gasteiger partial charge is 0.448 e. The molecule has 0 spiro atoms. The van der Waals surface area contributed by atoms with Crippen molar-refractivity contribution < 1.29 is 41.4 Å².